The van der Waals surface area contributed by atoms with Crippen molar-refractivity contribution in [2.45, 2.75) is 18.2 Å². The van der Waals surface area contributed by atoms with Crippen molar-refractivity contribution in [1.82, 2.24) is 4.31 Å². The van der Waals surface area contributed by atoms with Crippen molar-refractivity contribution in [1.29, 1.82) is 0 Å². The molecular formula is C11H15FN2O2S. The molecule has 6 heteroatoms. The van der Waals surface area contributed by atoms with Crippen LogP contribution in [0.5, 0.6) is 0 Å². The monoisotopic (exact) mass is 258 g/mol. The quantitative estimate of drug-likeness (QED) is 0.867. The third-order valence-electron chi connectivity index (χ3n) is 3.05. The largest absolute Gasteiger partial charge is 0.329 e. The maximum atomic E-state index is 13.4. The maximum absolute atomic E-state index is 13.4. The van der Waals surface area contributed by atoms with Gasteiger partial charge in [-0.1, -0.05) is 18.2 Å². The average molecular weight is 258 g/mol. The first-order chi connectivity index (χ1) is 8.05. The van der Waals surface area contributed by atoms with E-state index in [-0.39, 0.29) is 18.9 Å². The number of benzene rings is 1. The predicted octanol–water partition coefficient (Wildman–Crippen LogP) is 0.688. The number of nitrogens with zero attached hydrogens (tertiary/aromatic N) is 1. The molecule has 0 aliphatic carbocycles. The highest BCUT2D eigenvalue weighted by molar-refractivity contribution is 7.90. The van der Waals surface area contributed by atoms with E-state index in [0.717, 1.165) is 0 Å². The molecule has 2 rings (SSSR count). The highest BCUT2D eigenvalue weighted by Crippen LogP contribution is 2.24. The summed E-state index contributed by atoms with van der Waals surface area (Å²) in [6, 6.07) is 6.21. The van der Waals surface area contributed by atoms with Gasteiger partial charge in [0.1, 0.15) is 5.82 Å². The zero-order valence-corrected chi connectivity index (χ0v) is 10.2. The highest BCUT2D eigenvalue weighted by Gasteiger charge is 2.37. The van der Waals surface area contributed by atoms with Crippen LogP contribution in [-0.4, -0.2) is 31.1 Å². The van der Waals surface area contributed by atoms with Crippen molar-refractivity contribution in [3.05, 3.63) is 35.6 Å². The van der Waals surface area contributed by atoms with Crippen LogP contribution in [0.3, 0.4) is 0 Å². The number of sulfonamides is 1. The molecule has 17 heavy (non-hydrogen) atoms. The fourth-order valence-electron chi connectivity index (χ4n) is 2.00. The Kier molecular flexibility index (Phi) is 3.46. The fraction of sp³-hybridized carbons (Fsp3) is 0.455. The van der Waals surface area contributed by atoms with E-state index in [1.807, 2.05) is 0 Å². The first-order valence-electron chi connectivity index (χ1n) is 5.48. The fourth-order valence-corrected chi connectivity index (χ4v) is 3.75. The van der Waals surface area contributed by atoms with Crippen LogP contribution < -0.4 is 5.73 Å². The first-order valence-corrected chi connectivity index (χ1v) is 6.98. The van der Waals surface area contributed by atoms with Crippen LogP contribution in [0.2, 0.25) is 0 Å². The molecule has 0 spiro atoms. The molecule has 0 bridgehead atoms. The maximum Gasteiger partial charge on any atom is 0.218 e. The molecule has 0 saturated carbocycles. The van der Waals surface area contributed by atoms with Crippen molar-refractivity contribution < 1.29 is 12.8 Å². The lowest BCUT2D eigenvalue weighted by Gasteiger charge is -2.16. The Bertz CT molecular complexity index is 504. The molecule has 1 fully saturated rings. The van der Waals surface area contributed by atoms with E-state index < -0.39 is 15.3 Å². The summed E-state index contributed by atoms with van der Waals surface area (Å²) in [4.78, 5) is 0. The third-order valence-corrected chi connectivity index (χ3v) is 5.35. The molecule has 4 nitrogen and oxygen atoms in total. The molecule has 0 radical (unpaired) electrons. The normalized spacial score (nSPS) is 24.0. The van der Waals surface area contributed by atoms with Crippen LogP contribution >= 0.6 is 0 Å². The summed E-state index contributed by atoms with van der Waals surface area (Å²) in [5.74, 6) is -0.376. The Morgan fingerprint density at radius 3 is 2.71 bits per heavy atom. The average Bonchev–Trinajstić information content (AvgIpc) is 2.57. The van der Waals surface area contributed by atoms with Gasteiger partial charge < -0.3 is 5.73 Å². The van der Waals surface area contributed by atoms with Gasteiger partial charge in [-0.2, -0.15) is 4.31 Å². The highest BCUT2D eigenvalue weighted by atomic mass is 32.2. The van der Waals surface area contributed by atoms with Crippen molar-refractivity contribution >= 4 is 10.0 Å². The lowest BCUT2D eigenvalue weighted by Crippen LogP contribution is -2.33. The molecule has 1 aliphatic rings. The lowest BCUT2D eigenvalue weighted by molar-refractivity contribution is 0.430. The second-order valence-electron chi connectivity index (χ2n) is 4.12. The van der Waals surface area contributed by atoms with E-state index >= 15 is 0 Å². The van der Waals surface area contributed by atoms with Gasteiger partial charge in [0.15, 0.2) is 0 Å². The van der Waals surface area contributed by atoms with Gasteiger partial charge in [0, 0.05) is 25.2 Å². The standard InChI is InChI=1S/C11H15FN2O2S/c12-11-4-2-1-3-9(11)8-14-6-5-10(7-13)17(14,15)16/h1-4,10H,5-8,13H2/t10-/m1/s1. The van der Waals surface area contributed by atoms with Crippen LogP contribution in [0.1, 0.15) is 12.0 Å². The minimum Gasteiger partial charge on any atom is -0.329 e. The summed E-state index contributed by atoms with van der Waals surface area (Å²) in [6.45, 7) is 0.625. The van der Waals surface area contributed by atoms with Crippen LogP contribution in [-0.2, 0) is 16.6 Å². The van der Waals surface area contributed by atoms with Crippen molar-refractivity contribution in [3.63, 3.8) is 0 Å². The van der Waals surface area contributed by atoms with E-state index in [1.165, 1.54) is 10.4 Å². The van der Waals surface area contributed by atoms with Crippen LogP contribution in [0.25, 0.3) is 0 Å². The second-order valence-corrected chi connectivity index (χ2v) is 6.33. The number of hydrogen-bond acceptors (Lipinski definition) is 3. The molecule has 0 unspecified atom stereocenters. The minimum atomic E-state index is -3.35. The van der Waals surface area contributed by atoms with Crippen molar-refractivity contribution in [3.8, 4) is 0 Å². The molecule has 94 valence electrons. The SMILES string of the molecule is NC[C@H]1CCN(Cc2ccccc2F)S1(=O)=O. The van der Waals surface area contributed by atoms with Gasteiger partial charge in [0.05, 0.1) is 5.25 Å². The number of halogens is 1. The number of rotatable bonds is 3. The Labute approximate surface area is 100 Å². The summed E-state index contributed by atoms with van der Waals surface area (Å²) in [5.41, 5.74) is 5.81. The molecule has 1 aliphatic heterocycles. The molecule has 0 amide bonds. The zero-order valence-electron chi connectivity index (χ0n) is 9.34. The van der Waals surface area contributed by atoms with Crippen LogP contribution in [0, 0.1) is 5.82 Å². The minimum absolute atomic E-state index is 0.0888. The van der Waals surface area contributed by atoms with Gasteiger partial charge in [-0.15, -0.1) is 0 Å². The van der Waals surface area contributed by atoms with Gasteiger partial charge in [-0.05, 0) is 12.5 Å². The molecule has 2 N–H and O–H groups in total. The predicted molar refractivity (Wildman–Crippen MR) is 63.2 cm³/mol. The smallest absolute Gasteiger partial charge is 0.218 e. The van der Waals surface area contributed by atoms with Gasteiger partial charge in [0.2, 0.25) is 10.0 Å². The van der Waals surface area contributed by atoms with Crippen molar-refractivity contribution in [2.24, 2.45) is 5.73 Å². The van der Waals surface area contributed by atoms with Gasteiger partial charge in [-0.25, -0.2) is 12.8 Å². The number of hydrogen-bond donors (Lipinski definition) is 1. The van der Waals surface area contributed by atoms with Crippen molar-refractivity contribution in [2.75, 3.05) is 13.1 Å². The summed E-state index contributed by atoms with van der Waals surface area (Å²) in [6.07, 6.45) is 0.521. The van der Waals surface area contributed by atoms with Crippen LogP contribution in [0.4, 0.5) is 4.39 Å². The second kappa shape index (κ2) is 4.72. The van der Waals surface area contributed by atoms with E-state index in [0.29, 0.717) is 18.5 Å². The van der Waals surface area contributed by atoms with E-state index in [1.54, 1.807) is 18.2 Å². The molecule has 1 aromatic carbocycles. The van der Waals surface area contributed by atoms with E-state index in [9.17, 15) is 12.8 Å². The van der Waals surface area contributed by atoms with Gasteiger partial charge in [-0.3, -0.25) is 0 Å². The molecule has 0 aromatic heterocycles. The number of nitrogens with two attached hydrogens (primary N) is 1. The van der Waals surface area contributed by atoms with Gasteiger partial charge in [0.25, 0.3) is 0 Å². The zero-order chi connectivity index (χ0) is 12.5. The molecule has 1 saturated heterocycles. The molecule has 1 heterocycles. The Morgan fingerprint density at radius 2 is 2.12 bits per heavy atom. The Balaban J connectivity index is 2.19. The summed E-state index contributed by atoms with van der Waals surface area (Å²) in [7, 11) is -3.35. The molecular weight excluding hydrogens is 243 g/mol. The summed E-state index contributed by atoms with van der Waals surface area (Å²) in [5, 5.41) is -0.519. The van der Waals surface area contributed by atoms with Gasteiger partial charge >= 0.3 is 0 Å². The first kappa shape index (κ1) is 12.5. The van der Waals surface area contributed by atoms with E-state index in [4.69, 9.17) is 5.73 Å². The van der Waals surface area contributed by atoms with E-state index in [2.05, 4.69) is 0 Å². The molecule has 1 aromatic rings. The summed E-state index contributed by atoms with van der Waals surface area (Å²) >= 11 is 0. The lowest BCUT2D eigenvalue weighted by atomic mass is 10.2. The Morgan fingerprint density at radius 1 is 1.41 bits per heavy atom. The topological polar surface area (TPSA) is 63.4 Å². The van der Waals surface area contributed by atoms with Crippen LogP contribution in [0.15, 0.2) is 24.3 Å². The third kappa shape index (κ3) is 2.34. The Hall–Kier alpha value is -0.980. The molecule has 1 atom stereocenters. The summed E-state index contributed by atoms with van der Waals surface area (Å²) < 4.78 is 38.7.